The van der Waals surface area contributed by atoms with Gasteiger partial charge in [0.2, 0.25) is 5.78 Å². The van der Waals surface area contributed by atoms with Crippen molar-refractivity contribution >= 4 is 27.5 Å². The van der Waals surface area contributed by atoms with Gasteiger partial charge in [0.05, 0.1) is 12.0 Å². The Balaban J connectivity index is 1.93. The van der Waals surface area contributed by atoms with Gasteiger partial charge in [0.15, 0.2) is 5.76 Å². The van der Waals surface area contributed by atoms with Crippen molar-refractivity contribution in [3.8, 4) is 5.75 Å². The first-order valence-electron chi connectivity index (χ1n) is 9.64. The van der Waals surface area contributed by atoms with Crippen molar-refractivity contribution in [1.82, 2.24) is 4.31 Å². The minimum absolute atomic E-state index is 0.0602. The van der Waals surface area contributed by atoms with E-state index >= 15 is 0 Å². The van der Waals surface area contributed by atoms with Crippen LogP contribution in [0.4, 0.5) is 0 Å². The number of fused-ring (bicyclic) bond motifs is 1. The zero-order valence-corrected chi connectivity index (χ0v) is 18.1. The fraction of sp³-hybridized carbons (Fsp3) is 0.0833. The number of benzene rings is 3. The molecule has 0 saturated heterocycles. The third kappa shape index (κ3) is 3.54. The number of ketones is 1. The summed E-state index contributed by atoms with van der Waals surface area (Å²) in [6, 6.07) is 20.8. The van der Waals surface area contributed by atoms with Crippen LogP contribution in [0.3, 0.4) is 0 Å². The number of nitrogens with zero attached hydrogens (tertiary/aromatic N) is 1. The van der Waals surface area contributed by atoms with Crippen LogP contribution in [-0.2, 0) is 14.8 Å². The van der Waals surface area contributed by atoms with Crippen LogP contribution in [0.15, 0.2) is 89.5 Å². The molecule has 32 heavy (non-hydrogen) atoms. The SMILES string of the molecule is COc1ccccc1C(=O)OC1=C(C(=O)c2ccccc2)N(C)S(=O)(=O)c2ccccc21. The number of methoxy groups -OCH3 is 1. The summed E-state index contributed by atoms with van der Waals surface area (Å²) in [6.07, 6.45) is 0. The molecular weight excluding hydrogens is 430 g/mol. The number of Topliss-reactive ketones (excluding diaryl/α,β-unsaturated/α-hetero) is 1. The van der Waals surface area contributed by atoms with Crippen LogP contribution in [0.2, 0.25) is 0 Å². The molecule has 0 saturated carbocycles. The van der Waals surface area contributed by atoms with E-state index in [-0.39, 0.29) is 33.0 Å². The van der Waals surface area contributed by atoms with E-state index in [1.54, 1.807) is 60.7 Å². The Morgan fingerprint density at radius 2 is 1.47 bits per heavy atom. The van der Waals surface area contributed by atoms with Gasteiger partial charge in [0.1, 0.15) is 17.0 Å². The van der Waals surface area contributed by atoms with Crippen LogP contribution in [0, 0.1) is 0 Å². The van der Waals surface area contributed by atoms with Crippen molar-refractivity contribution in [2.24, 2.45) is 0 Å². The summed E-state index contributed by atoms with van der Waals surface area (Å²) in [5.74, 6) is -1.21. The van der Waals surface area contributed by atoms with Gasteiger partial charge in [-0.25, -0.2) is 13.2 Å². The summed E-state index contributed by atoms with van der Waals surface area (Å²) in [7, 11) is -1.35. The highest BCUT2D eigenvalue weighted by Crippen LogP contribution is 2.38. The van der Waals surface area contributed by atoms with E-state index in [9.17, 15) is 18.0 Å². The molecule has 0 spiro atoms. The van der Waals surface area contributed by atoms with Crippen LogP contribution in [0.5, 0.6) is 5.75 Å². The number of esters is 1. The zero-order valence-electron chi connectivity index (χ0n) is 17.3. The molecule has 0 aliphatic carbocycles. The second-order valence-electron chi connectivity index (χ2n) is 6.93. The molecule has 0 aromatic heterocycles. The highest BCUT2D eigenvalue weighted by molar-refractivity contribution is 7.89. The Bertz CT molecular complexity index is 1350. The number of sulfonamides is 1. The maximum atomic E-state index is 13.4. The number of carbonyl (C=O) groups is 2. The van der Waals surface area contributed by atoms with E-state index < -0.39 is 21.8 Å². The van der Waals surface area contributed by atoms with Crippen molar-refractivity contribution in [2.45, 2.75) is 4.90 Å². The molecule has 7 nitrogen and oxygen atoms in total. The smallest absolute Gasteiger partial charge is 0.347 e. The van der Waals surface area contributed by atoms with E-state index in [4.69, 9.17) is 9.47 Å². The van der Waals surface area contributed by atoms with Crippen molar-refractivity contribution in [1.29, 1.82) is 0 Å². The number of ether oxygens (including phenoxy) is 2. The molecule has 3 aromatic carbocycles. The van der Waals surface area contributed by atoms with Gasteiger partial charge in [-0.1, -0.05) is 54.6 Å². The predicted molar refractivity (Wildman–Crippen MR) is 117 cm³/mol. The first-order chi connectivity index (χ1) is 15.4. The van der Waals surface area contributed by atoms with Crippen LogP contribution in [-0.4, -0.2) is 38.6 Å². The zero-order chi connectivity index (χ0) is 22.9. The number of hydrogen-bond donors (Lipinski definition) is 0. The van der Waals surface area contributed by atoms with Crippen LogP contribution in [0.1, 0.15) is 26.3 Å². The maximum absolute atomic E-state index is 13.4. The number of likely N-dealkylation sites (N-methyl/N-ethyl adjacent to an activating group) is 1. The molecule has 3 aromatic rings. The third-order valence-electron chi connectivity index (χ3n) is 5.07. The minimum Gasteiger partial charge on any atom is -0.496 e. The molecule has 1 aliphatic rings. The lowest BCUT2D eigenvalue weighted by Gasteiger charge is -2.30. The Kier molecular flexibility index (Phi) is 5.54. The van der Waals surface area contributed by atoms with E-state index in [2.05, 4.69) is 0 Å². The van der Waals surface area contributed by atoms with Crippen LogP contribution >= 0.6 is 0 Å². The molecule has 1 heterocycles. The fourth-order valence-corrected chi connectivity index (χ4v) is 4.84. The lowest BCUT2D eigenvalue weighted by Crippen LogP contribution is -2.36. The summed E-state index contributed by atoms with van der Waals surface area (Å²) < 4.78 is 38.1. The maximum Gasteiger partial charge on any atom is 0.347 e. The Hall–Kier alpha value is -3.91. The largest absolute Gasteiger partial charge is 0.496 e. The molecule has 4 rings (SSSR count). The van der Waals surface area contributed by atoms with Gasteiger partial charge in [0, 0.05) is 18.2 Å². The van der Waals surface area contributed by atoms with Crippen molar-refractivity contribution in [2.75, 3.05) is 14.2 Å². The highest BCUT2D eigenvalue weighted by Gasteiger charge is 2.40. The number of hydrogen-bond acceptors (Lipinski definition) is 6. The first-order valence-corrected chi connectivity index (χ1v) is 11.1. The van der Waals surface area contributed by atoms with Gasteiger partial charge in [-0.2, -0.15) is 0 Å². The number of allylic oxidation sites excluding steroid dienone is 1. The molecule has 0 unspecified atom stereocenters. The molecule has 8 heteroatoms. The van der Waals surface area contributed by atoms with Gasteiger partial charge in [-0.3, -0.25) is 9.10 Å². The molecule has 0 fully saturated rings. The molecule has 0 N–H and O–H groups in total. The summed E-state index contributed by atoms with van der Waals surface area (Å²) in [5.41, 5.74) is 0.281. The third-order valence-corrected chi connectivity index (χ3v) is 6.89. The van der Waals surface area contributed by atoms with Gasteiger partial charge in [0.25, 0.3) is 10.0 Å². The van der Waals surface area contributed by atoms with Crippen molar-refractivity contribution < 1.29 is 27.5 Å². The van der Waals surface area contributed by atoms with Gasteiger partial charge in [-0.15, -0.1) is 0 Å². The first kappa shape index (κ1) is 21.3. The normalized spacial score (nSPS) is 14.5. The van der Waals surface area contributed by atoms with E-state index in [1.165, 1.54) is 32.4 Å². The summed E-state index contributed by atoms with van der Waals surface area (Å²) >= 11 is 0. The summed E-state index contributed by atoms with van der Waals surface area (Å²) in [4.78, 5) is 26.4. The number of para-hydroxylation sites is 1. The Labute approximate surface area is 185 Å². The molecule has 0 radical (unpaired) electrons. The van der Waals surface area contributed by atoms with Gasteiger partial charge in [-0.05, 0) is 24.3 Å². The number of carbonyl (C=O) groups excluding carboxylic acids is 2. The standard InChI is InChI=1S/C24H19NO6S/c1-25-21(22(26)16-10-4-3-5-11-16)23(18-13-7-9-15-20(18)32(25,28)29)31-24(27)17-12-6-8-14-19(17)30-2/h3-15H,1-2H3. The predicted octanol–water partition coefficient (Wildman–Crippen LogP) is 3.74. The Morgan fingerprint density at radius 3 is 2.19 bits per heavy atom. The molecular formula is C24H19NO6S. The van der Waals surface area contributed by atoms with E-state index in [1.807, 2.05) is 0 Å². The highest BCUT2D eigenvalue weighted by atomic mass is 32.2. The minimum atomic E-state index is -4.03. The number of rotatable bonds is 5. The van der Waals surface area contributed by atoms with Crippen LogP contribution < -0.4 is 4.74 Å². The van der Waals surface area contributed by atoms with Gasteiger partial charge >= 0.3 is 5.97 Å². The average molecular weight is 449 g/mol. The van der Waals surface area contributed by atoms with Crippen molar-refractivity contribution in [3.63, 3.8) is 0 Å². The second kappa shape index (κ2) is 8.32. The molecule has 0 atom stereocenters. The fourth-order valence-electron chi connectivity index (χ4n) is 3.45. The molecule has 1 aliphatic heterocycles. The van der Waals surface area contributed by atoms with E-state index in [0.717, 1.165) is 4.31 Å². The second-order valence-corrected chi connectivity index (χ2v) is 8.87. The lowest BCUT2D eigenvalue weighted by atomic mass is 10.0. The summed E-state index contributed by atoms with van der Waals surface area (Å²) in [5, 5.41) is 0. The van der Waals surface area contributed by atoms with Crippen molar-refractivity contribution in [3.05, 3.63) is 101 Å². The molecule has 162 valence electrons. The monoisotopic (exact) mass is 449 g/mol. The quantitative estimate of drug-likeness (QED) is 0.435. The lowest BCUT2D eigenvalue weighted by molar-refractivity contribution is 0.0682. The molecule has 0 amide bonds. The summed E-state index contributed by atoms with van der Waals surface area (Å²) in [6.45, 7) is 0. The average Bonchev–Trinajstić information content (AvgIpc) is 2.83. The Morgan fingerprint density at radius 1 is 0.844 bits per heavy atom. The van der Waals surface area contributed by atoms with Crippen LogP contribution in [0.25, 0.3) is 5.76 Å². The van der Waals surface area contributed by atoms with Gasteiger partial charge < -0.3 is 9.47 Å². The van der Waals surface area contributed by atoms with E-state index in [0.29, 0.717) is 5.75 Å². The molecule has 0 bridgehead atoms. The topological polar surface area (TPSA) is 90.0 Å².